The van der Waals surface area contributed by atoms with Crippen LogP contribution in [0.5, 0.6) is 0 Å². The molecule has 2 rings (SSSR count). The molecule has 0 saturated heterocycles. The molecular weight excluding hydrogens is 306 g/mol. The zero-order valence-electron chi connectivity index (χ0n) is 7.95. The van der Waals surface area contributed by atoms with E-state index in [1.54, 1.807) is 0 Å². The van der Waals surface area contributed by atoms with Crippen molar-refractivity contribution in [2.45, 2.75) is 0 Å². The standard InChI is InChI=1S/C9H7SSe.BF4/c1-2-4-8(5-3-1)9-6-11-7-10-9;2-1(3,4)5/h1-7H;/q+1;-1. The van der Waals surface area contributed by atoms with E-state index in [4.69, 9.17) is 0 Å². The van der Waals surface area contributed by atoms with Crippen molar-refractivity contribution in [1.29, 1.82) is 0 Å². The molecule has 0 bridgehead atoms. The molecule has 0 unspecified atom stereocenters. The summed E-state index contributed by atoms with van der Waals surface area (Å²) in [5.74, 6) is 0. The van der Waals surface area contributed by atoms with Crippen LogP contribution in [0.25, 0.3) is 10.4 Å². The van der Waals surface area contributed by atoms with Gasteiger partial charge in [0.1, 0.15) is 0 Å². The molecule has 0 radical (unpaired) electrons. The van der Waals surface area contributed by atoms with Crippen LogP contribution in [0.15, 0.2) is 39.5 Å². The van der Waals surface area contributed by atoms with Crippen LogP contribution in [0.2, 0.25) is 0 Å². The number of benzene rings is 1. The number of halogens is 4. The predicted molar refractivity (Wildman–Crippen MR) is 61.3 cm³/mol. The average Bonchev–Trinajstić information content (AvgIpc) is 2.69. The first-order valence-corrected chi connectivity index (χ1v) is 7.09. The Morgan fingerprint density at radius 3 is 2.00 bits per heavy atom. The van der Waals surface area contributed by atoms with Crippen LogP contribution in [0.1, 0.15) is 0 Å². The van der Waals surface area contributed by atoms with Crippen molar-refractivity contribution in [2.24, 2.45) is 0 Å². The van der Waals surface area contributed by atoms with Gasteiger partial charge in [-0.05, 0) is 0 Å². The molecular formula is C9H7BF4SSe. The third-order valence-electron chi connectivity index (χ3n) is 1.46. The van der Waals surface area contributed by atoms with Crippen molar-refractivity contribution < 1.29 is 17.3 Å². The molecule has 1 heterocycles. The van der Waals surface area contributed by atoms with E-state index in [1.807, 2.05) is 11.3 Å². The normalized spacial score (nSPS) is 10.5. The summed E-state index contributed by atoms with van der Waals surface area (Å²) >= 11 is 2.48. The molecule has 0 nitrogen and oxygen atoms in total. The van der Waals surface area contributed by atoms with E-state index < -0.39 is 7.25 Å². The van der Waals surface area contributed by atoms with Gasteiger partial charge in [-0.3, -0.25) is 0 Å². The molecule has 1 aromatic carbocycles. The molecule has 0 atom stereocenters. The van der Waals surface area contributed by atoms with Crippen molar-refractivity contribution in [3.63, 3.8) is 0 Å². The van der Waals surface area contributed by atoms with E-state index in [2.05, 4.69) is 39.5 Å². The van der Waals surface area contributed by atoms with Crippen LogP contribution in [0, 0.1) is 0 Å². The van der Waals surface area contributed by atoms with Crippen molar-refractivity contribution in [3.05, 3.63) is 39.5 Å². The second kappa shape index (κ2) is 6.18. The van der Waals surface area contributed by atoms with Gasteiger partial charge in [0.15, 0.2) is 0 Å². The van der Waals surface area contributed by atoms with Gasteiger partial charge < -0.3 is 17.3 Å². The molecule has 0 N–H and O–H groups in total. The first-order valence-electron chi connectivity index (χ1n) is 4.23. The van der Waals surface area contributed by atoms with Crippen LogP contribution in [0.3, 0.4) is 0 Å². The Morgan fingerprint density at radius 1 is 1.00 bits per heavy atom. The van der Waals surface area contributed by atoms with Crippen LogP contribution in [-0.2, 0) is 0 Å². The van der Waals surface area contributed by atoms with E-state index in [0.29, 0.717) is 14.5 Å². The van der Waals surface area contributed by atoms with Crippen molar-refractivity contribution in [3.8, 4) is 10.4 Å². The Bertz CT molecular complexity index is 395. The summed E-state index contributed by atoms with van der Waals surface area (Å²) < 4.78 is 41.3. The maximum absolute atomic E-state index is 9.75. The molecule has 0 amide bonds. The Morgan fingerprint density at radius 2 is 1.56 bits per heavy atom. The molecule has 86 valence electrons. The Hall–Kier alpha value is -0.646. The summed E-state index contributed by atoms with van der Waals surface area (Å²) in [6.07, 6.45) is 0. The minimum atomic E-state index is -6.00. The fraction of sp³-hybridized carbons (Fsp3) is 0. The van der Waals surface area contributed by atoms with E-state index >= 15 is 0 Å². The average molecular weight is 313 g/mol. The van der Waals surface area contributed by atoms with Crippen molar-refractivity contribution in [2.75, 3.05) is 0 Å². The van der Waals surface area contributed by atoms with Crippen molar-refractivity contribution >= 4 is 33.1 Å². The van der Waals surface area contributed by atoms with Crippen molar-refractivity contribution in [1.82, 2.24) is 0 Å². The van der Waals surface area contributed by atoms with Gasteiger partial charge in [-0.15, -0.1) is 0 Å². The summed E-state index contributed by atoms with van der Waals surface area (Å²) in [4.78, 5) is 3.75. The van der Waals surface area contributed by atoms with Crippen LogP contribution < -0.4 is 0 Å². The second-order valence-corrected chi connectivity index (χ2v) is 5.84. The van der Waals surface area contributed by atoms with Crippen LogP contribution >= 0.6 is 11.3 Å². The van der Waals surface area contributed by atoms with Gasteiger partial charge >= 0.3 is 83.1 Å². The fourth-order valence-corrected chi connectivity index (χ4v) is 4.01. The summed E-state index contributed by atoms with van der Waals surface area (Å²) in [5, 5.41) is 0. The van der Waals surface area contributed by atoms with E-state index in [1.165, 1.54) is 10.4 Å². The quantitative estimate of drug-likeness (QED) is 0.423. The summed E-state index contributed by atoms with van der Waals surface area (Å²) in [6.45, 7) is 0. The maximum atomic E-state index is 9.75. The minimum absolute atomic E-state index is 0.621. The molecule has 0 aliphatic carbocycles. The van der Waals surface area contributed by atoms with E-state index in [9.17, 15) is 17.3 Å². The monoisotopic (exact) mass is 314 g/mol. The zero-order valence-corrected chi connectivity index (χ0v) is 10.5. The number of hydrogen-bond acceptors (Lipinski definition) is 0. The molecule has 2 aromatic rings. The SMILES string of the molecule is F[B-](F)(F)F.c1ccc(-c2c[se]c[s+]2)cc1. The van der Waals surface area contributed by atoms with Gasteiger partial charge in [0.05, 0.1) is 0 Å². The summed E-state index contributed by atoms with van der Waals surface area (Å²) in [5.41, 5.74) is 1.35. The molecule has 16 heavy (non-hydrogen) atoms. The Labute approximate surface area is 100 Å². The van der Waals surface area contributed by atoms with E-state index in [-0.39, 0.29) is 0 Å². The van der Waals surface area contributed by atoms with Crippen LogP contribution in [0.4, 0.5) is 17.3 Å². The molecule has 0 spiro atoms. The first-order chi connectivity index (χ1) is 7.47. The molecule has 7 heteroatoms. The predicted octanol–water partition coefficient (Wildman–Crippen LogP) is 4.05. The molecule has 0 aliphatic rings. The molecule has 0 saturated carbocycles. The molecule has 0 fully saturated rings. The molecule has 0 aliphatic heterocycles. The van der Waals surface area contributed by atoms with Crippen LogP contribution in [-0.4, -0.2) is 21.8 Å². The van der Waals surface area contributed by atoms with E-state index in [0.717, 1.165) is 0 Å². The third-order valence-corrected chi connectivity index (χ3v) is 4.70. The Balaban J connectivity index is 0.000000221. The van der Waals surface area contributed by atoms with Gasteiger partial charge in [0, 0.05) is 0 Å². The van der Waals surface area contributed by atoms with Gasteiger partial charge in [-0.1, -0.05) is 0 Å². The molecule has 1 aromatic heterocycles. The van der Waals surface area contributed by atoms with Gasteiger partial charge in [-0.25, -0.2) is 0 Å². The second-order valence-electron chi connectivity index (χ2n) is 2.69. The summed E-state index contributed by atoms with van der Waals surface area (Å²) in [6, 6.07) is 10.5. The van der Waals surface area contributed by atoms with Gasteiger partial charge in [0.25, 0.3) is 0 Å². The fourth-order valence-electron chi connectivity index (χ4n) is 0.935. The third kappa shape index (κ3) is 6.05. The summed E-state index contributed by atoms with van der Waals surface area (Å²) in [7, 11) is -6.00. The zero-order chi connectivity index (χ0) is 12.0. The number of hydrogen-bond donors (Lipinski definition) is 0. The van der Waals surface area contributed by atoms with Gasteiger partial charge in [0.2, 0.25) is 0 Å². The first kappa shape index (κ1) is 13.4. The Kier molecular flexibility index (Phi) is 5.18. The topological polar surface area (TPSA) is 0 Å². The van der Waals surface area contributed by atoms with Gasteiger partial charge in [-0.2, -0.15) is 0 Å². The number of rotatable bonds is 1.